The topological polar surface area (TPSA) is 33.7 Å². The molecule has 0 aromatic heterocycles. The largest absolute Gasteiger partial charge is 0.497 e. The van der Waals surface area contributed by atoms with Crippen molar-refractivity contribution in [2.75, 3.05) is 37.5 Å². The Morgan fingerprint density at radius 1 is 0.957 bits per heavy atom. The zero-order chi connectivity index (χ0) is 16.1. The Kier molecular flexibility index (Phi) is 4.91. The van der Waals surface area contributed by atoms with Crippen molar-refractivity contribution in [3.63, 3.8) is 0 Å². The maximum absolute atomic E-state index is 5.42. The third-order valence-corrected chi connectivity index (χ3v) is 4.31. The lowest BCUT2D eigenvalue weighted by Gasteiger charge is -2.18. The van der Waals surface area contributed by atoms with Gasteiger partial charge in [-0.1, -0.05) is 0 Å². The van der Waals surface area contributed by atoms with Gasteiger partial charge >= 0.3 is 0 Å². The van der Waals surface area contributed by atoms with Crippen LogP contribution in [0.5, 0.6) is 11.5 Å². The first-order valence-electron chi connectivity index (χ1n) is 8.10. The standard InChI is InChI=1S/C19H24N2O2/c1-22-18-9-10-19(23-2)15(13-18)14-20-16-5-7-17(8-6-16)21-11-3-4-12-21/h5-10,13,20H,3-4,11-12,14H2,1-2H3. The van der Waals surface area contributed by atoms with Crippen LogP contribution in [0.15, 0.2) is 42.5 Å². The summed E-state index contributed by atoms with van der Waals surface area (Å²) in [5.74, 6) is 1.71. The Labute approximate surface area is 138 Å². The molecule has 0 aliphatic carbocycles. The molecule has 3 rings (SSSR count). The third-order valence-electron chi connectivity index (χ3n) is 4.31. The van der Waals surface area contributed by atoms with Crippen LogP contribution >= 0.6 is 0 Å². The van der Waals surface area contributed by atoms with Gasteiger partial charge in [0.25, 0.3) is 0 Å². The molecule has 0 unspecified atom stereocenters. The van der Waals surface area contributed by atoms with E-state index in [1.807, 2.05) is 18.2 Å². The molecular formula is C19H24N2O2. The molecule has 1 aliphatic heterocycles. The quantitative estimate of drug-likeness (QED) is 0.876. The highest BCUT2D eigenvalue weighted by Crippen LogP contribution is 2.26. The Balaban J connectivity index is 1.66. The van der Waals surface area contributed by atoms with Gasteiger partial charge in [0, 0.05) is 36.6 Å². The van der Waals surface area contributed by atoms with E-state index in [2.05, 4.69) is 34.5 Å². The first-order chi connectivity index (χ1) is 11.3. The summed E-state index contributed by atoms with van der Waals surface area (Å²) in [6, 6.07) is 14.5. The second-order valence-electron chi connectivity index (χ2n) is 5.77. The predicted octanol–water partition coefficient (Wildman–Crippen LogP) is 3.92. The average Bonchev–Trinajstić information content (AvgIpc) is 3.14. The minimum Gasteiger partial charge on any atom is -0.497 e. The van der Waals surface area contributed by atoms with Gasteiger partial charge in [0.05, 0.1) is 14.2 Å². The van der Waals surface area contributed by atoms with Crippen molar-refractivity contribution in [3.8, 4) is 11.5 Å². The van der Waals surface area contributed by atoms with Crippen molar-refractivity contribution < 1.29 is 9.47 Å². The first kappa shape index (κ1) is 15.5. The fraction of sp³-hybridized carbons (Fsp3) is 0.368. The van der Waals surface area contributed by atoms with Crippen molar-refractivity contribution in [1.29, 1.82) is 0 Å². The zero-order valence-electron chi connectivity index (χ0n) is 13.8. The fourth-order valence-electron chi connectivity index (χ4n) is 2.98. The number of anilines is 2. The lowest BCUT2D eigenvalue weighted by Crippen LogP contribution is -2.17. The van der Waals surface area contributed by atoms with Gasteiger partial charge in [0.1, 0.15) is 11.5 Å². The lowest BCUT2D eigenvalue weighted by molar-refractivity contribution is 0.399. The van der Waals surface area contributed by atoms with Crippen LogP contribution in [0.1, 0.15) is 18.4 Å². The SMILES string of the molecule is COc1ccc(OC)c(CNc2ccc(N3CCCC3)cc2)c1. The van der Waals surface area contributed by atoms with Gasteiger partial charge in [-0.3, -0.25) is 0 Å². The van der Waals surface area contributed by atoms with E-state index in [0.717, 1.165) is 22.7 Å². The van der Waals surface area contributed by atoms with Crippen LogP contribution < -0.4 is 19.7 Å². The van der Waals surface area contributed by atoms with Gasteiger partial charge in [0.2, 0.25) is 0 Å². The van der Waals surface area contributed by atoms with E-state index >= 15 is 0 Å². The minimum absolute atomic E-state index is 0.698. The van der Waals surface area contributed by atoms with Crippen molar-refractivity contribution in [2.45, 2.75) is 19.4 Å². The molecule has 0 saturated carbocycles. The molecule has 0 bridgehead atoms. The van der Waals surface area contributed by atoms with E-state index in [0.29, 0.717) is 6.54 Å². The highest BCUT2D eigenvalue weighted by molar-refractivity contribution is 5.56. The maximum Gasteiger partial charge on any atom is 0.124 e. The van der Waals surface area contributed by atoms with Gasteiger partial charge in [-0.25, -0.2) is 0 Å². The molecule has 0 radical (unpaired) electrons. The van der Waals surface area contributed by atoms with E-state index in [1.165, 1.54) is 31.6 Å². The third kappa shape index (κ3) is 3.70. The van der Waals surface area contributed by atoms with Gasteiger partial charge in [0.15, 0.2) is 0 Å². The summed E-state index contributed by atoms with van der Waals surface area (Å²) in [6.07, 6.45) is 2.60. The molecule has 122 valence electrons. The molecule has 4 nitrogen and oxygen atoms in total. The Bertz CT molecular complexity index is 634. The molecule has 2 aromatic rings. The summed E-state index contributed by atoms with van der Waals surface area (Å²) < 4.78 is 10.7. The van der Waals surface area contributed by atoms with Crippen LogP contribution in [0.3, 0.4) is 0 Å². The smallest absolute Gasteiger partial charge is 0.124 e. The van der Waals surface area contributed by atoms with Gasteiger partial charge in [-0.15, -0.1) is 0 Å². The molecule has 1 saturated heterocycles. The van der Waals surface area contributed by atoms with Crippen LogP contribution in [0.2, 0.25) is 0 Å². The lowest BCUT2D eigenvalue weighted by atomic mass is 10.1. The molecule has 2 aromatic carbocycles. The number of methoxy groups -OCH3 is 2. The minimum atomic E-state index is 0.698. The van der Waals surface area contributed by atoms with Crippen molar-refractivity contribution in [3.05, 3.63) is 48.0 Å². The molecular weight excluding hydrogens is 288 g/mol. The first-order valence-corrected chi connectivity index (χ1v) is 8.10. The van der Waals surface area contributed by atoms with Crippen LogP contribution in [0, 0.1) is 0 Å². The van der Waals surface area contributed by atoms with E-state index in [4.69, 9.17) is 9.47 Å². The molecule has 0 amide bonds. The predicted molar refractivity (Wildman–Crippen MR) is 94.8 cm³/mol. The normalized spacial score (nSPS) is 13.9. The van der Waals surface area contributed by atoms with E-state index in [1.54, 1.807) is 14.2 Å². The number of ether oxygens (including phenoxy) is 2. The second kappa shape index (κ2) is 7.27. The molecule has 4 heteroatoms. The summed E-state index contributed by atoms with van der Waals surface area (Å²) >= 11 is 0. The number of rotatable bonds is 6. The number of hydrogen-bond acceptors (Lipinski definition) is 4. The highest BCUT2D eigenvalue weighted by Gasteiger charge is 2.11. The fourth-order valence-corrected chi connectivity index (χ4v) is 2.98. The van der Waals surface area contributed by atoms with E-state index in [9.17, 15) is 0 Å². The molecule has 0 atom stereocenters. The van der Waals surface area contributed by atoms with Crippen LogP contribution in [-0.2, 0) is 6.54 Å². The van der Waals surface area contributed by atoms with Crippen molar-refractivity contribution >= 4 is 11.4 Å². The van der Waals surface area contributed by atoms with E-state index in [-0.39, 0.29) is 0 Å². The summed E-state index contributed by atoms with van der Waals surface area (Å²) in [4.78, 5) is 2.44. The van der Waals surface area contributed by atoms with Gasteiger partial charge in [-0.05, 0) is 55.3 Å². The molecule has 1 N–H and O–H groups in total. The summed E-state index contributed by atoms with van der Waals surface area (Å²) in [5.41, 5.74) is 3.50. The summed E-state index contributed by atoms with van der Waals surface area (Å²) in [6.45, 7) is 3.05. The average molecular weight is 312 g/mol. The molecule has 1 heterocycles. The Morgan fingerprint density at radius 2 is 1.70 bits per heavy atom. The maximum atomic E-state index is 5.42. The number of benzene rings is 2. The van der Waals surface area contributed by atoms with Gasteiger partial charge < -0.3 is 19.7 Å². The van der Waals surface area contributed by atoms with Crippen molar-refractivity contribution in [2.24, 2.45) is 0 Å². The van der Waals surface area contributed by atoms with Crippen LogP contribution in [0.4, 0.5) is 11.4 Å². The Hall–Kier alpha value is -2.36. The van der Waals surface area contributed by atoms with Crippen LogP contribution in [0.25, 0.3) is 0 Å². The van der Waals surface area contributed by atoms with E-state index < -0.39 is 0 Å². The molecule has 1 aliphatic rings. The van der Waals surface area contributed by atoms with Crippen LogP contribution in [-0.4, -0.2) is 27.3 Å². The second-order valence-corrected chi connectivity index (χ2v) is 5.77. The Morgan fingerprint density at radius 3 is 2.35 bits per heavy atom. The molecule has 0 spiro atoms. The van der Waals surface area contributed by atoms with Crippen molar-refractivity contribution in [1.82, 2.24) is 0 Å². The molecule has 1 fully saturated rings. The number of nitrogens with zero attached hydrogens (tertiary/aromatic N) is 1. The molecule has 23 heavy (non-hydrogen) atoms. The summed E-state index contributed by atoms with van der Waals surface area (Å²) in [7, 11) is 3.37. The number of hydrogen-bond donors (Lipinski definition) is 1. The zero-order valence-corrected chi connectivity index (χ0v) is 13.8. The number of nitrogens with one attached hydrogen (secondary N) is 1. The highest BCUT2D eigenvalue weighted by atomic mass is 16.5. The van der Waals surface area contributed by atoms with Gasteiger partial charge in [-0.2, -0.15) is 0 Å². The monoisotopic (exact) mass is 312 g/mol. The summed E-state index contributed by atoms with van der Waals surface area (Å²) in [5, 5.41) is 3.45.